The van der Waals surface area contributed by atoms with E-state index < -0.39 is 5.82 Å². The lowest BCUT2D eigenvalue weighted by Crippen LogP contribution is -2.26. The monoisotopic (exact) mass is 378 g/mol. The van der Waals surface area contributed by atoms with E-state index in [-0.39, 0.29) is 17.1 Å². The van der Waals surface area contributed by atoms with Gasteiger partial charge in [-0.2, -0.15) is 0 Å². The van der Waals surface area contributed by atoms with Crippen molar-refractivity contribution in [1.29, 1.82) is 0 Å². The van der Waals surface area contributed by atoms with Crippen LogP contribution in [0.3, 0.4) is 0 Å². The Hall–Kier alpha value is -0.950. The van der Waals surface area contributed by atoms with Gasteiger partial charge in [0.2, 0.25) is 0 Å². The fourth-order valence-electron chi connectivity index (χ4n) is 1.56. The van der Waals surface area contributed by atoms with E-state index in [9.17, 15) is 9.18 Å². The average molecular weight is 379 g/mol. The Morgan fingerprint density at radius 1 is 1.50 bits per heavy atom. The molecule has 94 valence electrons. The molecule has 2 rings (SSSR count). The Morgan fingerprint density at radius 2 is 2.22 bits per heavy atom. The van der Waals surface area contributed by atoms with Gasteiger partial charge in [0.1, 0.15) is 11.6 Å². The number of nitrogens with zero attached hydrogens (tertiary/aromatic N) is 2. The van der Waals surface area contributed by atoms with Gasteiger partial charge in [0, 0.05) is 6.20 Å². The van der Waals surface area contributed by atoms with Crippen LogP contribution in [-0.4, -0.2) is 9.55 Å². The minimum Gasteiger partial charge on any atom is -0.292 e. The van der Waals surface area contributed by atoms with Gasteiger partial charge in [-0.15, -0.1) is 0 Å². The molecular formula is C12H9ClFIN2O. The molecular weight excluding hydrogens is 370 g/mol. The quantitative estimate of drug-likeness (QED) is 0.753. The SMILES string of the molecule is Cc1ncc(I)c(=O)n1Cc1ccc(Cl)c(F)c1. The summed E-state index contributed by atoms with van der Waals surface area (Å²) < 4.78 is 15.4. The molecule has 0 saturated carbocycles. The van der Waals surface area contributed by atoms with Gasteiger partial charge in [0.05, 0.1) is 15.1 Å². The second kappa shape index (κ2) is 5.36. The van der Waals surface area contributed by atoms with Crippen LogP contribution in [0.2, 0.25) is 5.02 Å². The maximum atomic E-state index is 13.3. The van der Waals surface area contributed by atoms with Crippen molar-refractivity contribution >= 4 is 34.2 Å². The molecule has 0 amide bonds. The zero-order chi connectivity index (χ0) is 13.3. The molecule has 6 heteroatoms. The average Bonchev–Trinajstić information content (AvgIpc) is 2.34. The highest BCUT2D eigenvalue weighted by atomic mass is 127. The molecule has 1 aromatic heterocycles. The van der Waals surface area contributed by atoms with Gasteiger partial charge < -0.3 is 0 Å². The first-order valence-electron chi connectivity index (χ1n) is 5.15. The maximum Gasteiger partial charge on any atom is 0.267 e. The molecule has 0 unspecified atom stereocenters. The topological polar surface area (TPSA) is 34.9 Å². The molecule has 0 atom stereocenters. The summed E-state index contributed by atoms with van der Waals surface area (Å²) >= 11 is 7.54. The minimum atomic E-state index is -0.488. The third kappa shape index (κ3) is 2.72. The molecule has 0 spiro atoms. The minimum absolute atomic E-state index is 0.0728. The lowest BCUT2D eigenvalue weighted by Gasteiger charge is -2.09. The lowest BCUT2D eigenvalue weighted by molar-refractivity contribution is 0.620. The van der Waals surface area contributed by atoms with Crippen molar-refractivity contribution < 1.29 is 4.39 Å². The van der Waals surface area contributed by atoms with E-state index in [1.807, 2.05) is 22.6 Å². The van der Waals surface area contributed by atoms with Crippen LogP contribution in [0, 0.1) is 16.3 Å². The smallest absolute Gasteiger partial charge is 0.267 e. The predicted octanol–water partition coefficient (Wildman–Crippen LogP) is 3.00. The van der Waals surface area contributed by atoms with E-state index in [0.29, 0.717) is 15.0 Å². The highest BCUT2D eigenvalue weighted by Crippen LogP contribution is 2.16. The van der Waals surface area contributed by atoms with Crippen molar-refractivity contribution in [2.75, 3.05) is 0 Å². The molecule has 1 heterocycles. The largest absolute Gasteiger partial charge is 0.292 e. The number of halogens is 3. The van der Waals surface area contributed by atoms with Crippen LogP contribution in [-0.2, 0) is 6.54 Å². The van der Waals surface area contributed by atoms with Crippen LogP contribution >= 0.6 is 34.2 Å². The first-order chi connectivity index (χ1) is 8.49. The Bertz CT molecular complexity index is 657. The molecule has 0 N–H and O–H groups in total. The molecule has 0 saturated heterocycles. The number of rotatable bonds is 2. The number of benzene rings is 1. The second-order valence-electron chi connectivity index (χ2n) is 3.79. The Morgan fingerprint density at radius 3 is 2.89 bits per heavy atom. The van der Waals surface area contributed by atoms with Gasteiger partial charge in [0.25, 0.3) is 5.56 Å². The summed E-state index contributed by atoms with van der Waals surface area (Å²) in [6.07, 6.45) is 1.52. The zero-order valence-electron chi connectivity index (χ0n) is 9.45. The molecule has 0 aliphatic rings. The van der Waals surface area contributed by atoms with Crippen molar-refractivity contribution in [2.24, 2.45) is 0 Å². The standard InChI is InChI=1S/C12H9ClFIN2O/c1-7-16-5-11(15)12(18)17(7)6-8-2-3-9(13)10(14)4-8/h2-5H,6H2,1H3. The third-order valence-electron chi connectivity index (χ3n) is 2.53. The van der Waals surface area contributed by atoms with Crippen LogP contribution in [0.5, 0.6) is 0 Å². The lowest BCUT2D eigenvalue weighted by atomic mass is 10.2. The summed E-state index contributed by atoms with van der Waals surface area (Å²) in [6, 6.07) is 4.50. The Balaban J connectivity index is 2.43. The second-order valence-corrected chi connectivity index (χ2v) is 5.36. The molecule has 0 radical (unpaired) electrons. The molecule has 0 bridgehead atoms. The van der Waals surface area contributed by atoms with E-state index in [0.717, 1.165) is 0 Å². The predicted molar refractivity (Wildman–Crippen MR) is 76.5 cm³/mol. The van der Waals surface area contributed by atoms with Gasteiger partial charge in [-0.25, -0.2) is 9.37 Å². The van der Waals surface area contributed by atoms with Crippen molar-refractivity contribution in [3.63, 3.8) is 0 Å². The normalized spacial score (nSPS) is 10.7. The molecule has 0 aliphatic carbocycles. The summed E-state index contributed by atoms with van der Waals surface area (Å²) in [7, 11) is 0. The number of aryl methyl sites for hydroxylation is 1. The van der Waals surface area contributed by atoms with Gasteiger partial charge in [-0.1, -0.05) is 17.7 Å². The van der Waals surface area contributed by atoms with Crippen LogP contribution in [0.15, 0.2) is 29.2 Å². The molecule has 3 nitrogen and oxygen atoms in total. The van der Waals surface area contributed by atoms with Crippen LogP contribution in [0.1, 0.15) is 11.4 Å². The third-order valence-corrected chi connectivity index (χ3v) is 3.58. The highest BCUT2D eigenvalue weighted by Gasteiger charge is 2.07. The highest BCUT2D eigenvalue weighted by molar-refractivity contribution is 14.1. The maximum absolute atomic E-state index is 13.3. The van der Waals surface area contributed by atoms with Gasteiger partial charge in [0.15, 0.2) is 0 Å². The number of aromatic nitrogens is 2. The fraction of sp³-hybridized carbons (Fsp3) is 0.167. The summed E-state index contributed by atoms with van der Waals surface area (Å²) in [5, 5.41) is 0.0728. The summed E-state index contributed by atoms with van der Waals surface area (Å²) in [5.41, 5.74) is 0.546. The number of hydrogen-bond donors (Lipinski definition) is 0. The molecule has 18 heavy (non-hydrogen) atoms. The summed E-state index contributed by atoms with van der Waals surface area (Å²) in [5.74, 6) is 0.106. The van der Waals surface area contributed by atoms with Crippen LogP contribution < -0.4 is 5.56 Å². The molecule has 0 fully saturated rings. The van der Waals surface area contributed by atoms with E-state index in [4.69, 9.17) is 11.6 Å². The van der Waals surface area contributed by atoms with Gasteiger partial charge in [-0.05, 0) is 47.2 Å². The van der Waals surface area contributed by atoms with E-state index in [1.54, 1.807) is 13.0 Å². The van der Waals surface area contributed by atoms with Crippen molar-refractivity contribution in [2.45, 2.75) is 13.5 Å². The number of hydrogen-bond acceptors (Lipinski definition) is 2. The van der Waals surface area contributed by atoms with Gasteiger partial charge in [-0.3, -0.25) is 9.36 Å². The van der Waals surface area contributed by atoms with E-state index in [2.05, 4.69) is 4.98 Å². The zero-order valence-corrected chi connectivity index (χ0v) is 12.4. The van der Waals surface area contributed by atoms with Gasteiger partial charge >= 0.3 is 0 Å². The van der Waals surface area contributed by atoms with Crippen molar-refractivity contribution in [3.8, 4) is 0 Å². The fourth-order valence-corrected chi connectivity index (χ4v) is 2.11. The van der Waals surface area contributed by atoms with E-state index >= 15 is 0 Å². The summed E-state index contributed by atoms with van der Waals surface area (Å²) in [6.45, 7) is 2.02. The first-order valence-corrected chi connectivity index (χ1v) is 6.60. The van der Waals surface area contributed by atoms with Crippen LogP contribution in [0.4, 0.5) is 4.39 Å². The summed E-state index contributed by atoms with van der Waals surface area (Å²) in [4.78, 5) is 16.1. The first kappa shape index (κ1) is 13.5. The van der Waals surface area contributed by atoms with Crippen molar-refractivity contribution in [3.05, 3.63) is 60.5 Å². The molecule has 0 aliphatic heterocycles. The molecule has 2 aromatic rings. The molecule has 1 aromatic carbocycles. The Kier molecular flexibility index (Phi) is 4.01. The Labute approximate surface area is 122 Å². The van der Waals surface area contributed by atoms with Crippen molar-refractivity contribution in [1.82, 2.24) is 9.55 Å². The van der Waals surface area contributed by atoms with E-state index in [1.165, 1.54) is 22.9 Å². The van der Waals surface area contributed by atoms with Crippen LogP contribution in [0.25, 0.3) is 0 Å².